The molecule has 1 aliphatic rings. The molecule has 1 unspecified atom stereocenters. The number of Topliss-reactive ketones (excluding diaryl/α,β-unsaturated/α-hetero) is 1. The van der Waals surface area contributed by atoms with Crippen molar-refractivity contribution in [1.29, 1.82) is 0 Å². The zero-order chi connectivity index (χ0) is 25.1. The molecule has 1 atom stereocenters. The fourth-order valence-electron chi connectivity index (χ4n) is 3.79. The van der Waals surface area contributed by atoms with E-state index in [1.165, 1.54) is 30.2 Å². The Morgan fingerprint density at radius 1 is 1.14 bits per heavy atom. The monoisotopic (exact) mass is 474 g/mol. The van der Waals surface area contributed by atoms with Crippen LogP contribution in [0.4, 0.5) is 5.82 Å². The highest BCUT2D eigenvalue weighted by Crippen LogP contribution is 2.42. The maximum Gasteiger partial charge on any atom is 0.337 e. The van der Waals surface area contributed by atoms with Gasteiger partial charge in [-0.3, -0.25) is 14.5 Å². The summed E-state index contributed by atoms with van der Waals surface area (Å²) < 4.78 is 15.3. The van der Waals surface area contributed by atoms with Gasteiger partial charge in [-0.1, -0.05) is 29.9 Å². The molecule has 1 N–H and O–H groups in total. The number of rotatable bonds is 7. The predicted octanol–water partition coefficient (Wildman–Crippen LogP) is 3.96. The second-order valence-electron chi connectivity index (χ2n) is 7.70. The maximum atomic E-state index is 13.1. The molecule has 0 aliphatic carbocycles. The summed E-state index contributed by atoms with van der Waals surface area (Å²) in [5, 5.41) is 15.1. The Balaban J connectivity index is 1.83. The molecule has 0 bridgehead atoms. The third-order valence-corrected chi connectivity index (χ3v) is 5.45. The summed E-state index contributed by atoms with van der Waals surface area (Å²) in [5.74, 6) is -1.52. The average molecular weight is 474 g/mol. The summed E-state index contributed by atoms with van der Waals surface area (Å²) in [4.78, 5) is 39.3. The van der Waals surface area contributed by atoms with Gasteiger partial charge in [0.1, 0.15) is 23.9 Å². The highest BCUT2D eigenvalue weighted by Gasteiger charge is 2.48. The normalized spacial score (nSPS) is 16.9. The molecular weight excluding hydrogens is 452 g/mol. The number of ketones is 1. The largest absolute Gasteiger partial charge is 0.507 e. The van der Waals surface area contributed by atoms with Crippen LogP contribution >= 0.6 is 0 Å². The van der Waals surface area contributed by atoms with Gasteiger partial charge in [-0.05, 0) is 48.9 Å². The van der Waals surface area contributed by atoms with Crippen LogP contribution in [-0.2, 0) is 14.3 Å². The van der Waals surface area contributed by atoms with E-state index in [1.54, 1.807) is 49.4 Å². The third kappa shape index (κ3) is 4.43. The zero-order valence-electron chi connectivity index (χ0n) is 19.1. The van der Waals surface area contributed by atoms with Crippen LogP contribution in [0.3, 0.4) is 0 Å². The van der Waals surface area contributed by atoms with Gasteiger partial charge in [-0.15, -0.1) is 0 Å². The van der Waals surface area contributed by atoms with Crippen LogP contribution in [0.25, 0.3) is 5.76 Å². The Hall–Kier alpha value is -4.66. The summed E-state index contributed by atoms with van der Waals surface area (Å²) in [5.41, 5.74) is 0.966. The first-order valence-electron chi connectivity index (χ1n) is 10.6. The van der Waals surface area contributed by atoms with Crippen LogP contribution in [0.2, 0.25) is 0 Å². The molecule has 1 aliphatic heterocycles. The number of carbonyl (C=O) groups is 3. The summed E-state index contributed by atoms with van der Waals surface area (Å²) in [7, 11) is 1.27. The van der Waals surface area contributed by atoms with Gasteiger partial charge in [-0.25, -0.2) is 4.79 Å². The molecule has 2 aromatic carbocycles. The first kappa shape index (κ1) is 23.5. The fraction of sp³-hybridized carbons (Fsp3) is 0.154. The van der Waals surface area contributed by atoms with Gasteiger partial charge in [0.25, 0.3) is 5.78 Å². The lowest BCUT2D eigenvalue weighted by atomic mass is 9.94. The molecule has 35 heavy (non-hydrogen) atoms. The fourth-order valence-corrected chi connectivity index (χ4v) is 3.79. The quantitative estimate of drug-likeness (QED) is 0.180. The predicted molar refractivity (Wildman–Crippen MR) is 126 cm³/mol. The molecule has 1 amide bonds. The van der Waals surface area contributed by atoms with Gasteiger partial charge in [0.2, 0.25) is 0 Å². The van der Waals surface area contributed by atoms with Gasteiger partial charge in [0, 0.05) is 11.6 Å². The van der Waals surface area contributed by atoms with E-state index in [0.29, 0.717) is 34.8 Å². The van der Waals surface area contributed by atoms with E-state index in [4.69, 9.17) is 14.0 Å². The van der Waals surface area contributed by atoms with Crippen LogP contribution in [-0.4, -0.2) is 41.6 Å². The minimum absolute atomic E-state index is 0.124. The minimum atomic E-state index is -1.01. The molecule has 1 saturated heterocycles. The number of ether oxygens (including phenoxy) is 2. The standard InChI is InChI=1S/C26H22N2O7/c1-4-13-34-19-11-9-17(10-12-19)23(29)21-22(16-5-7-18(8-6-16)26(32)33-3)28(25(31)24(21)30)20-14-15(2)35-27-20/h4-12,14,22,29H,1,13H2,2-3H3/b23-21+. The highest BCUT2D eigenvalue weighted by molar-refractivity contribution is 6.51. The van der Waals surface area contributed by atoms with E-state index in [9.17, 15) is 19.5 Å². The number of aryl methyl sites for hydroxylation is 1. The van der Waals surface area contributed by atoms with Crippen molar-refractivity contribution in [3.8, 4) is 5.75 Å². The van der Waals surface area contributed by atoms with E-state index < -0.39 is 23.7 Å². The molecule has 2 heterocycles. The van der Waals surface area contributed by atoms with Crippen molar-refractivity contribution in [2.24, 2.45) is 0 Å². The van der Waals surface area contributed by atoms with Crippen molar-refractivity contribution < 1.29 is 33.5 Å². The van der Waals surface area contributed by atoms with Gasteiger partial charge < -0.3 is 19.1 Å². The number of hydrogen-bond acceptors (Lipinski definition) is 8. The minimum Gasteiger partial charge on any atom is -0.507 e. The number of aliphatic hydroxyl groups excluding tert-OH is 1. The van der Waals surface area contributed by atoms with Crippen molar-refractivity contribution in [2.45, 2.75) is 13.0 Å². The van der Waals surface area contributed by atoms with Crippen LogP contribution in [0.15, 0.2) is 77.3 Å². The average Bonchev–Trinajstić information content (AvgIpc) is 3.42. The topological polar surface area (TPSA) is 119 Å². The SMILES string of the molecule is C=CCOc1ccc(/C(O)=C2\C(=O)C(=O)N(c3cc(C)on3)C2c2ccc(C(=O)OC)cc2)cc1. The lowest BCUT2D eigenvalue weighted by molar-refractivity contribution is -0.132. The van der Waals surface area contributed by atoms with E-state index in [2.05, 4.69) is 11.7 Å². The molecule has 1 fully saturated rings. The Bertz CT molecular complexity index is 1320. The molecular formula is C26H22N2O7. The van der Waals surface area contributed by atoms with Crippen molar-refractivity contribution in [3.63, 3.8) is 0 Å². The third-order valence-electron chi connectivity index (χ3n) is 5.45. The molecule has 0 saturated carbocycles. The summed E-state index contributed by atoms with van der Waals surface area (Å²) in [6.07, 6.45) is 1.60. The summed E-state index contributed by atoms with van der Waals surface area (Å²) in [6, 6.07) is 13.1. The number of hydrogen-bond donors (Lipinski definition) is 1. The number of methoxy groups -OCH3 is 1. The van der Waals surface area contributed by atoms with E-state index in [0.717, 1.165) is 0 Å². The van der Waals surface area contributed by atoms with Crippen molar-refractivity contribution in [1.82, 2.24) is 5.16 Å². The number of aliphatic hydroxyl groups is 1. The highest BCUT2D eigenvalue weighted by atomic mass is 16.5. The molecule has 3 aromatic rings. The van der Waals surface area contributed by atoms with E-state index in [1.807, 2.05) is 0 Å². The first-order valence-corrected chi connectivity index (χ1v) is 10.6. The van der Waals surface area contributed by atoms with Crippen molar-refractivity contribution in [2.75, 3.05) is 18.6 Å². The number of amides is 1. The first-order chi connectivity index (χ1) is 16.8. The number of esters is 1. The summed E-state index contributed by atoms with van der Waals surface area (Å²) in [6.45, 7) is 5.57. The second kappa shape index (κ2) is 9.68. The number of benzene rings is 2. The Morgan fingerprint density at radius 2 is 1.80 bits per heavy atom. The second-order valence-corrected chi connectivity index (χ2v) is 7.70. The number of anilines is 1. The van der Waals surface area contributed by atoms with E-state index >= 15 is 0 Å². The summed E-state index contributed by atoms with van der Waals surface area (Å²) >= 11 is 0. The van der Waals surface area contributed by atoms with Crippen molar-refractivity contribution in [3.05, 3.63) is 95.3 Å². The molecule has 178 valence electrons. The van der Waals surface area contributed by atoms with Crippen LogP contribution in [0, 0.1) is 6.92 Å². The van der Waals surface area contributed by atoms with Gasteiger partial charge in [0.15, 0.2) is 5.82 Å². The lowest BCUT2D eigenvalue weighted by Crippen LogP contribution is -2.29. The van der Waals surface area contributed by atoms with E-state index in [-0.39, 0.29) is 17.2 Å². The lowest BCUT2D eigenvalue weighted by Gasteiger charge is -2.23. The molecule has 0 spiro atoms. The zero-order valence-corrected chi connectivity index (χ0v) is 19.1. The maximum absolute atomic E-state index is 13.1. The molecule has 0 radical (unpaired) electrons. The molecule has 9 nitrogen and oxygen atoms in total. The van der Waals surface area contributed by atoms with Crippen molar-refractivity contribution >= 4 is 29.2 Å². The Labute approximate surface area is 200 Å². The number of aromatic nitrogens is 1. The van der Waals surface area contributed by atoms with Gasteiger partial charge in [-0.2, -0.15) is 0 Å². The van der Waals surface area contributed by atoms with Gasteiger partial charge >= 0.3 is 11.9 Å². The van der Waals surface area contributed by atoms with Crippen LogP contribution in [0.5, 0.6) is 5.75 Å². The van der Waals surface area contributed by atoms with Gasteiger partial charge in [0.05, 0.1) is 24.3 Å². The van der Waals surface area contributed by atoms with Crippen LogP contribution in [0.1, 0.15) is 33.3 Å². The molecule has 1 aromatic heterocycles. The molecule has 4 rings (SSSR count). The van der Waals surface area contributed by atoms with Crippen LogP contribution < -0.4 is 9.64 Å². The smallest absolute Gasteiger partial charge is 0.337 e. The number of carbonyl (C=O) groups excluding carboxylic acids is 3. The molecule has 9 heteroatoms. The Kier molecular flexibility index (Phi) is 6.50. The number of nitrogens with zero attached hydrogens (tertiary/aromatic N) is 2. The Morgan fingerprint density at radius 3 is 2.37 bits per heavy atom.